The third-order valence-corrected chi connectivity index (χ3v) is 5.39. The number of nitrogens with zero attached hydrogens (tertiary/aromatic N) is 2. The highest BCUT2D eigenvalue weighted by atomic mass is 35.5. The highest BCUT2D eigenvalue weighted by Crippen LogP contribution is 2.36. The van der Waals surface area contributed by atoms with Gasteiger partial charge in [-0.05, 0) is 42.8 Å². The molecule has 0 unspecified atom stereocenters. The Kier molecular flexibility index (Phi) is 4.74. The lowest BCUT2D eigenvalue weighted by Gasteiger charge is -2.13. The quantitative estimate of drug-likeness (QED) is 0.365. The van der Waals surface area contributed by atoms with Gasteiger partial charge in [-0.3, -0.25) is 9.78 Å². The van der Waals surface area contributed by atoms with Gasteiger partial charge < -0.3 is 4.98 Å². The molecule has 0 saturated heterocycles. The molecular formula is C26H16ClN3O. The summed E-state index contributed by atoms with van der Waals surface area (Å²) in [5.74, 6) is 5.64. The van der Waals surface area contributed by atoms with E-state index in [1.165, 1.54) is 0 Å². The van der Waals surface area contributed by atoms with Crippen molar-refractivity contribution in [3.05, 3.63) is 93.9 Å². The standard InChI is InChI=1S/C26H16ClN3O/c1-2-7-18-13-20-14-21(19-12-17-10-6-11-28-24(17)22(27)15-19)23(16-8-4-3-5-9-16)29-25(20)30-26(18)31/h3-6,8-15H,1H3,(H,29,30,31). The summed E-state index contributed by atoms with van der Waals surface area (Å²) in [6.45, 7) is 1.71. The van der Waals surface area contributed by atoms with Crippen LogP contribution in [-0.4, -0.2) is 15.0 Å². The fourth-order valence-electron chi connectivity index (χ4n) is 3.70. The topological polar surface area (TPSA) is 58.6 Å². The number of H-pyrrole nitrogens is 1. The summed E-state index contributed by atoms with van der Waals surface area (Å²) in [5.41, 5.74) is 4.98. The monoisotopic (exact) mass is 421 g/mol. The Morgan fingerprint density at radius 2 is 1.77 bits per heavy atom. The van der Waals surface area contributed by atoms with E-state index in [1.807, 2.05) is 54.6 Å². The van der Waals surface area contributed by atoms with Crippen LogP contribution in [-0.2, 0) is 0 Å². The minimum atomic E-state index is -0.249. The fraction of sp³-hybridized carbons (Fsp3) is 0.0385. The van der Waals surface area contributed by atoms with E-state index in [4.69, 9.17) is 16.6 Å². The molecular weight excluding hydrogens is 406 g/mol. The van der Waals surface area contributed by atoms with Crippen molar-refractivity contribution in [2.24, 2.45) is 0 Å². The molecule has 4 nitrogen and oxygen atoms in total. The molecule has 1 N–H and O–H groups in total. The van der Waals surface area contributed by atoms with Crippen molar-refractivity contribution in [3.63, 3.8) is 0 Å². The van der Waals surface area contributed by atoms with Crippen molar-refractivity contribution in [3.8, 4) is 34.2 Å². The second-order valence-electron chi connectivity index (χ2n) is 7.11. The molecule has 0 fully saturated rings. The Hall–Kier alpha value is -3.94. The number of pyridine rings is 3. The Morgan fingerprint density at radius 1 is 0.935 bits per heavy atom. The normalized spacial score (nSPS) is 10.8. The number of aromatic amines is 1. The van der Waals surface area contributed by atoms with Gasteiger partial charge in [-0.25, -0.2) is 4.98 Å². The summed E-state index contributed by atoms with van der Waals surface area (Å²) in [6, 6.07) is 21.5. The molecule has 0 spiro atoms. The van der Waals surface area contributed by atoms with E-state index in [2.05, 4.69) is 27.9 Å². The van der Waals surface area contributed by atoms with Gasteiger partial charge in [-0.2, -0.15) is 0 Å². The molecule has 2 aromatic carbocycles. The van der Waals surface area contributed by atoms with Crippen molar-refractivity contribution in [2.75, 3.05) is 0 Å². The van der Waals surface area contributed by atoms with E-state index in [1.54, 1.807) is 19.2 Å². The summed E-state index contributed by atoms with van der Waals surface area (Å²) >= 11 is 6.57. The van der Waals surface area contributed by atoms with Gasteiger partial charge in [0.1, 0.15) is 5.65 Å². The van der Waals surface area contributed by atoms with Gasteiger partial charge in [0.2, 0.25) is 0 Å². The van der Waals surface area contributed by atoms with Crippen molar-refractivity contribution in [2.45, 2.75) is 6.92 Å². The molecule has 5 rings (SSSR count). The summed E-state index contributed by atoms with van der Waals surface area (Å²) in [4.78, 5) is 24.5. The summed E-state index contributed by atoms with van der Waals surface area (Å²) in [6.07, 6.45) is 1.73. The predicted octanol–water partition coefficient (Wildman–Crippen LogP) is 5.83. The minimum absolute atomic E-state index is 0.249. The molecule has 0 amide bonds. The van der Waals surface area contributed by atoms with E-state index < -0.39 is 0 Å². The smallest absolute Gasteiger partial charge is 0.265 e. The number of hydrogen-bond acceptors (Lipinski definition) is 3. The molecule has 5 aromatic rings. The van der Waals surface area contributed by atoms with Gasteiger partial charge in [0, 0.05) is 28.1 Å². The van der Waals surface area contributed by atoms with Crippen LogP contribution in [0.1, 0.15) is 12.5 Å². The van der Waals surface area contributed by atoms with Crippen LogP contribution in [0.4, 0.5) is 0 Å². The maximum Gasteiger partial charge on any atom is 0.265 e. The third-order valence-electron chi connectivity index (χ3n) is 5.10. The Morgan fingerprint density at radius 3 is 2.58 bits per heavy atom. The van der Waals surface area contributed by atoms with Crippen molar-refractivity contribution >= 4 is 33.5 Å². The SMILES string of the molecule is CC#Cc1cc2cc(-c3cc(Cl)c4ncccc4c3)c(-c3ccccc3)nc2[nH]c1=O. The molecule has 5 heteroatoms. The molecule has 0 bridgehead atoms. The maximum absolute atomic E-state index is 12.4. The van der Waals surface area contributed by atoms with Gasteiger partial charge in [0.05, 0.1) is 21.8 Å². The molecule has 3 aromatic heterocycles. The average molecular weight is 422 g/mol. The Balaban J connectivity index is 1.85. The zero-order chi connectivity index (χ0) is 21.4. The fourth-order valence-corrected chi connectivity index (χ4v) is 3.98. The number of nitrogens with one attached hydrogen (secondary N) is 1. The zero-order valence-corrected chi connectivity index (χ0v) is 17.4. The van der Waals surface area contributed by atoms with Gasteiger partial charge >= 0.3 is 0 Å². The van der Waals surface area contributed by atoms with Crippen molar-refractivity contribution in [1.82, 2.24) is 15.0 Å². The lowest BCUT2D eigenvalue weighted by Crippen LogP contribution is -2.10. The minimum Gasteiger partial charge on any atom is -0.305 e. The van der Waals surface area contributed by atoms with Crippen LogP contribution in [0.3, 0.4) is 0 Å². The Labute approximate surface area is 183 Å². The molecule has 0 saturated carbocycles. The zero-order valence-electron chi connectivity index (χ0n) is 16.6. The van der Waals surface area contributed by atoms with E-state index in [9.17, 15) is 4.79 Å². The molecule has 3 heterocycles. The third kappa shape index (κ3) is 3.46. The van der Waals surface area contributed by atoms with Crippen LogP contribution in [0.25, 0.3) is 44.3 Å². The first kappa shape index (κ1) is 19.0. The maximum atomic E-state index is 12.4. The average Bonchev–Trinajstić information content (AvgIpc) is 2.79. The van der Waals surface area contributed by atoms with Crippen LogP contribution in [0.2, 0.25) is 5.02 Å². The van der Waals surface area contributed by atoms with Gasteiger partial charge in [0.25, 0.3) is 5.56 Å². The van der Waals surface area contributed by atoms with Crippen LogP contribution in [0.5, 0.6) is 0 Å². The number of benzene rings is 2. The summed E-state index contributed by atoms with van der Waals surface area (Å²) < 4.78 is 0. The van der Waals surface area contributed by atoms with Gasteiger partial charge in [-0.1, -0.05) is 53.9 Å². The number of fused-ring (bicyclic) bond motifs is 2. The van der Waals surface area contributed by atoms with Crippen molar-refractivity contribution in [1.29, 1.82) is 0 Å². The Bertz CT molecular complexity index is 1580. The molecule has 31 heavy (non-hydrogen) atoms. The predicted molar refractivity (Wildman–Crippen MR) is 126 cm³/mol. The first-order valence-electron chi connectivity index (χ1n) is 9.75. The van der Waals surface area contributed by atoms with Crippen LogP contribution in [0, 0.1) is 11.8 Å². The van der Waals surface area contributed by atoms with E-state index in [0.717, 1.165) is 38.7 Å². The highest BCUT2D eigenvalue weighted by Gasteiger charge is 2.15. The first-order chi connectivity index (χ1) is 15.1. The molecule has 0 radical (unpaired) electrons. The molecule has 0 aliphatic carbocycles. The van der Waals surface area contributed by atoms with E-state index in [0.29, 0.717) is 16.2 Å². The van der Waals surface area contributed by atoms with Crippen molar-refractivity contribution < 1.29 is 0 Å². The highest BCUT2D eigenvalue weighted by molar-refractivity contribution is 6.35. The van der Waals surface area contributed by atoms with Crippen LogP contribution >= 0.6 is 11.6 Å². The van der Waals surface area contributed by atoms with Crippen LogP contribution in [0.15, 0.2) is 77.7 Å². The summed E-state index contributed by atoms with van der Waals surface area (Å²) in [7, 11) is 0. The molecule has 0 aliphatic heterocycles. The lowest BCUT2D eigenvalue weighted by atomic mass is 9.96. The number of halogens is 1. The van der Waals surface area contributed by atoms with Gasteiger partial charge in [-0.15, -0.1) is 5.92 Å². The summed E-state index contributed by atoms with van der Waals surface area (Å²) in [5, 5.41) is 2.32. The largest absolute Gasteiger partial charge is 0.305 e. The van der Waals surface area contributed by atoms with Crippen LogP contribution < -0.4 is 5.56 Å². The lowest BCUT2D eigenvalue weighted by molar-refractivity contribution is 1.22. The second-order valence-corrected chi connectivity index (χ2v) is 7.52. The molecule has 0 atom stereocenters. The number of hydrogen-bond donors (Lipinski definition) is 1. The molecule has 0 aliphatic rings. The van der Waals surface area contributed by atoms with E-state index >= 15 is 0 Å². The number of aromatic nitrogens is 3. The first-order valence-corrected chi connectivity index (χ1v) is 10.1. The second kappa shape index (κ2) is 7.71. The molecule has 148 valence electrons. The van der Waals surface area contributed by atoms with E-state index in [-0.39, 0.29) is 5.56 Å². The van der Waals surface area contributed by atoms with Gasteiger partial charge in [0.15, 0.2) is 0 Å². The number of rotatable bonds is 2.